The van der Waals surface area contributed by atoms with Gasteiger partial charge in [-0.3, -0.25) is 13.9 Å². The van der Waals surface area contributed by atoms with Gasteiger partial charge in [-0.15, -0.1) is 0 Å². The smallest absolute Gasteiger partial charge is 0.264 e. The van der Waals surface area contributed by atoms with E-state index in [2.05, 4.69) is 5.32 Å². The lowest BCUT2D eigenvalue weighted by molar-refractivity contribution is -0.139. The van der Waals surface area contributed by atoms with Crippen LogP contribution in [0.15, 0.2) is 77.7 Å². The minimum absolute atomic E-state index is 0.0805. The molecule has 0 spiro atoms. The fraction of sp³-hybridized carbons (Fsp3) is 0.333. The highest BCUT2D eigenvalue weighted by Gasteiger charge is 2.34. The zero-order valence-electron chi connectivity index (χ0n) is 23.7. The summed E-state index contributed by atoms with van der Waals surface area (Å²) in [5.74, 6) is -0.984. The largest absolute Gasteiger partial charge is 0.497 e. The van der Waals surface area contributed by atoms with Crippen LogP contribution in [-0.2, 0) is 26.2 Å². The first-order chi connectivity index (χ1) is 19.6. The molecule has 9 nitrogen and oxygen atoms in total. The van der Waals surface area contributed by atoms with Crippen LogP contribution in [0.5, 0.6) is 11.5 Å². The minimum Gasteiger partial charge on any atom is -0.497 e. The van der Waals surface area contributed by atoms with E-state index in [-0.39, 0.29) is 28.4 Å². The molecule has 0 aromatic heterocycles. The first kappa shape index (κ1) is 31.4. The van der Waals surface area contributed by atoms with Gasteiger partial charge in [-0.2, -0.15) is 0 Å². The number of methoxy groups -OCH3 is 2. The number of unbranched alkanes of at least 4 members (excludes halogenated alkanes) is 1. The second-order valence-electron chi connectivity index (χ2n) is 9.29. The first-order valence-electron chi connectivity index (χ1n) is 13.2. The second kappa shape index (κ2) is 14.5. The van der Waals surface area contributed by atoms with Gasteiger partial charge in [-0.05, 0) is 55.8 Å². The van der Waals surface area contributed by atoms with Crippen molar-refractivity contribution in [1.29, 1.82) is 0 Å². The molecule has 0 fully saturated rings. The third kappa shape index (κ3) is 7.75. The quantitative estimate of drug-likeness (QED) is 0.282. The molecule has 0 heterocycles. The maximum atomic E-state index is 14.7. The average Bonchev–Trinajstić information content (AvgIpc) is 2.99. The zero-order valence-corrected chi connectivity index (χ0v) is 24.5. The summed E-state index contributed by atoms with van der Waals surface area (Å²) < 4.78 is 54.1. The van der Waals surface area contributed by atoms with Crippen LogP contribution >= 0.6 is 0 Å². The number of carbonyl (C=O) groups excluding carboxylic acids is 2. The summed E-state index contributed by atoms with van der Waals surface area (Å²) in [6.07, 6.45) is 1.62. The van der Waals surface area contributed by atoms with Crippen molar-refractivity contribution in [2.45, 2.75) is 44.2 Å². The van der Waals surface area contributed by atoms with Crippen molar-refractivity contribution in [1.82, 2.24) is 10.2 Å². The van der Waals surface area contributed by atoms with Gasteiger partial charge in [0.25, 0.3) is 10.0 Å². The van der Waals surface area contributed by atoms with E-state index in [9.17, 15) is 22.4 Å². The van der Waals surface area contributed by atoms with E-state index in [0.717, 1.165) is 17.1 Å². The fourth-order valence-corrected chi connectivity index (χ4v) is 5.58. The molecular formula is C30H36FN3O6S. The third-order valence-corrected chi connectivity index (χ3v) is 8.35. The number of nitrogens with zero attached hydrogens (tertiary/aromatic N) is 2. The van der Waals surface area contributed by atoms with Crippen LogP contribution in [0, 0.1) is 5.82 Å². The van der Waals surface area contributed by atoms with Gasteiger partial charge >= 0.3 is 0 Å². The molecular weight excluding hydrogens is 549 g/mol. The van der Waals surface area contributed by atoms with Crippen LogP contribution in [-0.4, -0.2) is 58.5 Å². The number of ether oxygens (including phenoxy) is 2. The lowest BCUT2D eigenvalue weighted by Crippen LogP contribution is -2.51. The van der Waals surface area contributed by atoms with Gasteiger partial charge in [0.2, 0.25) is 11.8 Å². The number of sulfonamides is 1. The Labute approximate surface area is 240 Å². The first-order valence-corrected chi connectivity index (χ1v) is 14.7. The molecule has 3 aromatic rings. The van der Waals surface area contributed by atoms with Crippen molar-refractivity contribution >= 4 is 27.5 Å². The highest BCUT2D eigenvalue weighted by molar-refractivity contribution is 7.92. The standard InChI is InChI=1S/C30H36FN3O6S/c1-5-6-19-32-30(36)22(2)33(20-23-11-7-8-12-26(23)31)29(35)21-34(27-13-9-10-14-28(27)40-4)41(37,38)25-17-15-24(39-3)16-18-25/h7-18,22H,5-6,19-21H2,1-4H3,(H,32,36)/t22-/m1/s1. The topological polar surface area (TPSA) is 105 Å². The predicted molar refractivity (Wildman–Crippen MR) is 155 cm³/mol. The molecule has 220 valence electrons. The van der Waals surface area contributed by atoms with Gasteiger partial charge in [0.05, 0.1) is 24.8 Å². The van der Waals surface area contributed by atoms with E-state index in [1.165, 1.54) is 74.6 Å². The van der Waals surface area contributed by atoms with Crippen molar-refractivity contribution in [3.05, 3.63) is 84.2 Å². The number of halogens is 1. The predicted octanol–water partition coefficient (Wildman–Crippen LogP) is 4.37. The van der Waals surface area contributed by atoms with Gasteiger partial charge < -0.3 is 19.7 Å². The van der Waals surface area contributed by atoms with Crippen LogP contribution in [0.1, 0.15) is 32.3 Å². The number of nitrogens with one attached hydrogen (secondary N) is 1. The van der Waals surface area contributed by atoms with Crippen molar-refractivity contribution in [2.24, 2.45) is 0 Å². The third-order valence-electron chi connectivity index (χ3n) is 6.58. The Hall–Kier alpha value is -4.12. The number of hydrogen-bond acceptors (Lipinski definition) is 6. The molecule has 1 atom stereocenters. The number of para-hydroxylation sites is 2. The molecule has 41 heavy (non-hydrogen) atoms. The monoisotopic (exact) mass is 585 g/mol. The zero-order chi connectivity index (χ0) is 30.0. The van der Waals surface area contributed by atoms with Crippen LogP contribution in [0.4, 0.5) is 10.1 Å². The number of amides is 2. The van der Waals surface area contributed by atoms with E-state index in [4.69, 9.17) is 9.47 Å². The lowest BCUT2D eigenvalue weighted by atomic mass is 10.1. The SMILES string of the molecule is CCCCNC(=O)[C@@H](C)N(Cc1ccccc1F)C(=O)CN(c1ccccc1OC)S(=O)(=O)c1ccc(OC)cc1. The molecule has 0 aliphatic heterocycles. The highest BCUT2D eigenvalue weighted by atomic mass is 32.2. The summed E-state index contributed by atoms with van der Waals surface area (Å²) in [5, 5.41) is 2.80. The summed E-state index contributed by atoms with van der Waals surface area (Å²) in [4.78, 5) is 28.1. The van der Waals surface area contributed by atoms with Crippen LogP contribution in [0.3, 0.4) is 0 Å². The number of carbonyl (C=O) groups is 2. The van der Waals surface area contributed by atoms with Gasteiger partial charge in [-0.1, -0.05) is 43.7 Å². The number of benzene rings is 3. The van der Waals surface area contributed by atoms with E-state index in [1.807, 2.05) is 6.92 Å². The average molecular weight is 586 g/mol. The lowest BCUT2D eigenvalue weighted by Gasteiger charge is -2.32. The Morgan fingerprint density at radius 3 is 2.24 bits per heavy atom. The summed E-state index contributed by atoms with van der Waals surface area (Å²) in [7, 11) is -1.45. The summed E-state index contributed by atoms with van der Waals surface area (Å²) in [6.45, 7) is 3.03. The maximum absolute atomic E-state index is 14.7. The van der Waals surface area contributed by atoms with E-state index in [1.54, 1.807) is 24.3 Å². The Morgan fingerprint density at radius 1 is 0.951 bits per heavy atom. The van der Waals surface area contributed by atoms with Crippen molar-refractivity contribution in [3.63, 3.8) is 0 Å². The van der Waals surface area contributed by atoms with Gasteiger partial charge in [0.1, 0.15) is 29.9 Å². The molecule has 0 aliphatic carbocycles. The summed E-state index contributed by atoms with van der Waals surface area (Å²) in [5.41, 5.74) is 0.320. The van der Waals surface area contributed by atoms with Crippen LogP contribution in [0.2, 0.25) is 0 Å². The maximum Gasteiger partial charge on any atom is 0.264 e. The molecule has 2 amide bonds. The molecule has 0 radical (unpaired) electrons. The molecule has 0 saturated carbocycles. The van der Waals surface area contributed by atoms with Crippen LogP contribution in [0.25, 0.3) is 0 Å². The number of hydrogen-bond donors (Lipinski definition) is 1. The Balaban J connectivity index is 2.05. The Morgan fingerprint density at radius 2 is 1.61 bits per heavy atom. The van der Waals surface area contributed by atoms with Gasteiger partial charge in [0.15, 0.2) is 0 Å². The molecule has 1 N–H and O–H groups in total. The van der Waals surface area contributed by atoms with E-state index in [0.29, 0.717) is 12.3 Å². The Kier molecular flexibility index (Phi) is 11.1. The fourth-order valence-electron chi connectivity index (χ4n) is 4.15. The summed E-state index contributed by atoms with van der Waals surface area (Å²) >= 11 is 0. The Bertz CT molecular complexity index is 1430. The normalized spacial score (nSPS) is 11.8. The van der Waals surface area contributed by atoms with Gasteiger partial charge in [0, 0.05) is 18.7 Å². The molecule has 11 heteroatoms. The molecule has 0 aliphatic rings. The molecule has 0 unspecified atom stereocenters. The molecule has 3 rings (SSSR count). The molecule has 0 saturated heterocycles. The number of anilines is 1. The van der Waals surface area contributed by atoms with Crippen LogP contribution < -0.4 is 19.1 Å². The molecule has 0 bridgehead atoms. The highest BCUT2D eigenvalue weighted by Crippen LogP contribution is 2.33. The van der Waals surface area contributed by atoms with Crippen molar-refractivity contribution in [3.8, 4) is 11.5 Å². The van der Waals surface area contributed by atoms with Gasteiger partial charge in [-0.25, -0.2) is 12.8 Å². The van der Waals surface area contributed by atoms with E-state index >= 15 is 0 Å². The summed E-state index contributed by atoms with van der Waals surface area (Å²) in [6, 6.07) is 17.1. The minimum atomic E-state index is -4.31. The number of rotatable bonds is 14. The molecule has 3 aromatic carbocycles. The second-order valence-corrected chi connectivity index (χ2v) is 11.2. The van der Waals surface area contributed by atoms with Crippen molar-refractivity contribution < 1.29 is 31.9 Å². The van der Waals surface area contributed by atoms with E-state index < -0.39 is 40.2 Å². The van der Waals surface area contributed by atoms with Crippen molar-refractivity contribution in [2.75, 3.05) is 31.6 Å².